The zero-order valence-corrected chi connectivity index (χ0v) is 10.9. The Morgan fingerprint density at radius 3 is 2.47 bits per heavy atom. The number of aliphatic hydroxyl groups is 2. The van der Waals surface area contributed by atoms with Crippen molar-refractivity contribution in [1.29, 1.82) is 0 Å². The molecule has 0 aliphatic carbocycles. The third kappa shape index (κ3) is 3.31. The lowest BCUT2D eigenvalue weighted by Gasteiger charge is -2.25. The van der Waals surface area contributed by atoms with Gasteiger partial charge in [-0.3, -0.25) is 0 Å². The van der Waals surface area contributed by atoms with Gasteiger partial charge in [0.1, 0.15) is 11.9 Å². The second-order valence-corrected chi connectivity index (χ2v) is 4.58. The van der Waals surface area contributed by atoms with Crippen molar-refractivity contribution in [1.82, 2.24) is 4.98 Å². The van der Waals surface area contributed by atoms with E-state index in [1.807, 2.05) is 13.8 Å². The number of anilines is 1. The predicted octanol–water partition coefficient (Wildman–Crippen LogP) is 2.15. The van der Waals surface area contributed by atoms with Gasteiger partial charge in [0.25, 0.3) is 0 Å². The molecule has 4 nitrogen and oxygen atoms in total. The monoisotopic (exact) mass is 258 g/mol. The molecule has 0 bridgehead atoms. The Morgan fingerprint density at radius 2 is 1.94 bits per heavy atom. The van der Waals surface area contributed by atoms with Gasteiger partial charge in [0, 0.05) is 11.8 Å². The van der Waals surface area contributed by atoms with Gasteiger partial charge in [0.05, 0.1) is 11.1 Å². The molecule has 0 saturated heterocycles. The van der Waals surface area contributed by atoms with Crippen LogP contribution in [-0.4, -0.2) is 21.3 Å². The highest BCUT2D eigenvalue weighted by molar-refractivity contribution is 6.30. The lowest BCUT2D eigenvalue weighted by molar-refractivity contribution is -0.0207. The molecule has 1 heterocycles. The summed E-state index contributed by atoms with van der Waals surface area (Å²) in [4.78, 5) is 3.87. The number of aromatic nitrogens is 1. The number of nitrogens with two attached hydrogens (primary N) is 1. The van der Waals surface area contributed by atoms with Crippen LogP contribution in [0.15, 0.2) is 12.3 Å². The van der Waals surface area contributed by atoms with Crippen molar-refractivity contribution in [2.75, 3.05) is 5.73 Å². The standard InChI is InChI=1S/C12H19ClN2O2/c1-3-7(4-2)10(16)11(17)9-5-8(13)6-15-12(9)14/h5-7,10-11,16-17H,3-4H2,1-2H3,(H2,14,15). The van der Waals surface area contributed by atoms with Crippen LogP contribution in [0.4, 0.5) is 5.82 Å². The van der Waals surface area contributed by atoms with E-state index in [1.165, 1.54) is 6.20 Å². The van der Waals surface area contributed by atoms with Crippen LogP contribution in [-0.2, 0) is 0 Å². The summed E-state index contributed by atoms with van der Waals surface area (Å²) in [6.07, 6.45) is 1.10. The van der Waals surface area contributed by atoms with E-state index in [9.17, 15) is 10.2 Å². The van der Waals surface area contributed by atoms with Crippen molar-refractivity contribution < 1.29 is 10.2 Å². The molecule has 1 rings (SSSR count). The zero-order chi connectivity index (χ0) is 13.0. The molecule has 96 valence electrons. The molecule has 2 unspecified atom stereocenters. The average molecular weight is 259 g/mol. The van der Waals surface area contributed by atoms with Gasteiger partial charge in [-0.15, -0.1) is 0 Å². The van der Waals surface area contributed by atoms with Gasteiger partial charge in [0.15, 0.2) is 0 Å². The zero-order valence-electron chi connectivity index (χ0n) is 10.1. The van der Waals surface area contributed by atoms with Gasteiger partial charge in [-0.05, 0) is 12.0 Å². The maximum Gasteiger partial charge on any atom is 0.129 e. The molecule has 0 fully saturated rings. The normalized spacial score (nSPS) is 14.9. The number of hydrogen-bond acceptors (Lipinski definition) is 4. The van der Waals surface area contributed by atoms with Gasteiger partial charge < -0.3 is 15.9 Å². The van der Waals surface area contributed by atoms with E-state index in [4.69, 9.17) is 17.3 Å². The predicted molar refractivity (Wildman–Crippen MR) is 68.7 cm³/mol. The lowest BCUT2D eigenvalue weighted by atomic mass is 9.90. The summed E-state index contributed by atoms with van der Waals surface area (Å²) in [6.45, 7) is 3.95. The van der Waals surface area contributed by atoms with Crippen LogP contribution < -0.4 is 5.73 Å². The molecule has 0 aliphatic heterocycles. The summed E-state index contributed by atoms with van der Waals surface area (Å²) >= 11 is 5.80. The van der Waals surface area contributed by atoms with Crippen LogP contribution in [0.25, 0.3) is 0 Å². The highest BCUT2D eigenvalue weighted by Crippen LogP contribution is 2.29. The molecule has 0 radical (unpaired) electrons. The number of rotatable bonds is 5. The maximum absolute atomic E-state index is 10.1. The molecule has 0 amide bonds. The van der Waals surface area contributed by atoms with Gasteiger partial charge in [-0.25, -0.2) is 4.98 Å². The fourth-order valence-electron chi connectivity index (χ4n) is 1.92. The molecule has 4 N–H and O–H groups in total. The van der Waals surface area contributed by atoms with Crippen molar-refractivity contribution in [3.63, 3.8) is 0 Å². The molecule has 17 heavy (non-hydrogen) atoms. The number of pyridine rings is 1. The smallest absolute Gasteiger partial charge is 0.129 e. The molecule has 0 aliphatic rings. The Hall–Kier alpha value is -0.840. The summed E-state index contributed by atoms with van der Waals surface area (Å²) in [6, 6.07) is 1.54. The van der Waals surface area contributed by atoms with Crippen molar-refractivity contribution in [3.8, 4) is 0 Å². The van der Waals surface area contributed by atoms with Crippen LogP contribution in [0, 0.1) is 5.92 Å². The van der Waals surface area contributed by atoms with E-state index in [0.29, 0.717) is 10.6 Å². The third-order valence-corrected chi connectivity index (χ3v) is 3.30. The van der Waals surface area contributed by atoms with E-state index in [0.717, 1.165) is 12.8 Å². The van der Waals surface area contributed by atoms with Crippen LogP contribution in [0.1, 0.15) is 38.4 Å². The minimum Gasteiger partial charge on any atom is -0.390 e. The van der Waals surface area contributed by atoms with E-state index < -0.39 is 12.2 Å². The molecule has 0 aromatic carbocycles. The van der Waals surface area contributed by atoms with E-state index in [1.54, 1.807) is 6.07 Å². The van der Waals surface area contributed by atoms with Gasteiger partial charge in [0.2, 0.25) is 0 Å². The fraction of sp³-hybridized carbons (Fsp3) is 0.583. The fourth-order valence-corrected chi connectivity index (χ4v) is 2.08. The molecular weight excluding hydrogens is 240 g/mol. The first kappa shape index (κ1) is 14.2. The Balaban J connectivity index is 2.94. The van der Waals surface area contributed by atoms with E-state index >= 15 is 0 Å². The second-order valence-electron chi connectivity index (χ2n) is 4.14. The average Bonchev–Trinajstić information content (AvgIpc) is 2.32. The molecule has 0 saturated carbocycles. The summed E-state index contributed by atoms with van der Waals surface area (Å²) in [5.74, 6) is 0.232. The van der Waals surface area contributed by atoms with Gasteiger partial charge in [-0.1, -0.05) is 38.3 Å². The van der Waals surface area contributed by atoms with Gasteiger partial charge in [-0.2, -0.15) is 0 Å². The molecule has 1 aromatic heterocycles. The van der Waals surface area contributed by atoms with Crippen molar-refractivity contribution >= 4 is 17.4 Å². The Morgan fingerprint density at radius 1 is 1.35 bits per heavy atom. The first-order valence-electron chi connectivity index (χ1n) is 5.78. The number of hydrogen-bond donors (Lipinski definition) is 3. The molecule has 1 aromatic rings. The Kier molecular flexibility index (Phi) is 5.18. The largest absolute Gasteiger partial charge is 0.390 e. The van der Waals surface area contributed by atoms with E-state index in [2.05, 4.69) is 4.98 Å². The molecule has 0 spiro atoms. The third-order valence-electron chi connectivity index (χ3n) is 3.09. The second kappa shape index (κ2) is 6.19. The summed E-state index contributed by atoms with van der Waals surface area (Å²) in [5.41, 5.74) is 6.06. The van der Waals surface area contributed by atoms with Crippen LogP contribution in [0.3, 0.4) is 0 Å². The number of halogens is 1. The van der Waals surface area contributed by atoms with E-state index in [-0.39, 0.29) is 11.7 Å². The maximum atomic E-state index is 10.1. The lowest BCUT2D eigenvalue weighted by Crippen LogP contribution is -2.27. The van der Waals surface area contributed by atoms with Crippen molar-refractivity contribution in [3.05, 3.63) is 22.8 Å². The minimum atomic E-state index is -1.05. The summed E-state index contributed by atoms with van der Waals surface area (Å²) in [5, 5.41) is 20.6. The van der Waals surface area contributed by atoms with Crippen LogP contribution in [0.5, 0.6) is 0 Å². The quantitative estimate of drug-likeness (QED) is 0.756. The topological polar surface area (TPSA) is 79.4 Å². The molecule has 2 atom stereocenters. The summed E-state index contributed by atoms with van der Waals surface area (Å²) in [7, 11) is 0. The Labute approximate surface area is 106 Å². The number of nitrogen functional groups attached to an aromatic ring is 1. The van der Waals surface area contributed by atoms with Crippen molar-refractivity contribution in [2.24, 2.45) is 5.92 Å². The summed E-state index contributed by atoms with van der Waals surface area (Å²) < 4.78 is 0. The highest BCUT2D eigenvalue weighted by atomic mass is 35.5. The highest BCUT2D eigenvalue weighted by Gasteiger charge is 2.27. The molecular formula is C12H19ClN2O2. The Bertz CT molecular complexity index is 370. The van der Waals surface area contributed by atoms with Crippen LogP contribution >= 0.6 is 11.6 Å². The van der Waals surface area contributed by atoms with Crippen molar-refractivity contribution in [2.45, 2.75) is 38.9 Å². The molecule has 5 heteroatoms. The SMILES string of the molecule is CCC(CC)C(O)C(O)c1cc(Cl)cnc1N. The van der Waals surface area contributed by atoms with Gasteiger partial charge >= 0.3 is 0 Å². The van der Waals surface area contributed by atoms with Crippen LogP contribution in [0.2, 0.25) is 5.02 Å². The first-order chi connectivity index (χ1) is 8.01. The first-order valence-corrected chi connectivity index (χ1v) is 6.16. The minimum absolute atomic E-state index is 0.0309. The number of nitrogens with zero attached hydrogens (tertiary/aromatic N) is 1. The number of aliphatic hydroxyl groups excluding tert-OH is 2.